The Kier molecular flexibility index (Phi) is 2.54. The van der Waals surface area contributed by atoms with Gasteiger partial charge in [0.1, 0.15) is 5.82 Å². The lowest BCUT2D eigenvalue weighted by molar-refractivity contribution is -0.117. The van der Waals surface area contributed by atoms with Crippen LogP contribution in [0.5, 0.6) is 0 Å². The molecule has 0 saturated heterocycles. The molecule has 1 aromatic heterocycles. The lowest BCUT2D eigenvalue weighted by atomic mass is 10.0. The Morgan fingerprint density at radius 1 is 1.14 bits per heavy atom. The van der Waals surface area contributed by atoms with E-state index >= 15 is 0 Å². The third-order valence-corrected chi connectivity index (χ3v) is 3.80. The molecular weight excluding hydrogens is 269 g/mol. The number of amides is 1. The molecule has 104 valence electrons. The number of benzene rings is 2. The van der Waals surface area contributed by atoms with Crippen LogP contribution < -0.4 is 5.32 Å². The Morgan fingerprint density at radius 2 is 1.90 bits per heavy atom. The van der Waals surface area contributed by atoms with Crippen LogP contribution in [0, 0.1) is 5.82 Å². The van der Waals surface area contributed by atoms with Crippen LogP contribution in [0.4, 0.5) is 10.3 Å². The van der Waals surface area contributed by atoms with Crippen molar-refractivity contribution in [3.05, 3.63) is 59.9 Å². The van der Waals surface area contributed by atoms with Crippen molar-refractivity contribution in [1.29, 1.82) is 0 Å². The molecule has 1 aliphatic rings. The van der Waals surface area contributed by atoms with Crippen LogP contribution >= 0.6 is 0 Å². The van der Waals surface area contributed by atoms with Gasteiger partial charge in [-0.15, -0.1) is 0 Å². The van der Waals surface area contributed by atoms with Crippen LogP contribution in [0.1, 0.15) is 18.0 Å². The normalized spacial score (nSPS) is 17.6. The van der Waals surface area contributed by atoms with Crippen molar-refractivity contribution in [3.8, 4) is 0 Å². The van der Waals surface area contributed by atoms with E-state index in [9.17, 15) is 9.18 Å². The molecule has 1 aliphatic heterocycles. The van der Waals surface area contributed by atoms with Crippen LogP contribution in [-0.2, 0) is 4.79 Å². The summed E-state index contributed by atoms with van der Waals surface area (Å²) in [5, 5.41) is 2.76. The van der Waals surface area contributed by atoms with Gasteiger partial charge in [0.05, 0.1) is 23.5 Å². The number of anilines is 1. The third kappa shape index (κ3) is 1.81. The van der Waals surface area contributed by atoms with E-state index < -0.39 is 0 Å². The minimum absolute atomic E-state index is 0.147. The molecule has 0 radical (unpaired) electrons. The van der Waals surface area contributed by atoms with E-state index in [-0.39, 0.29) is 24.2 Å². The molecule has 4 rings (SSSR count). The summed E-state index contributed by atoms with van der Waals surface area (Å²) >= 11 is 0. The van der Waals surface area contributed by atoms with Crippen LogP contribution in [0.3, 0.4) is 0 Å². The summed E-state index contributed by atoms with van der Waals surface area (Å²) in [5.74, 6) is 0.0210. The van der Waals surface area contributed by atoms with Crippen molar-refractivity contribution < 1.29 is 9.18 Å². The number of rotatable bonds is 1. The summed E-state index contributed by atoms with van der Waals surface area (Å²) in [5.41, 5.74) is 2.19. The molecule has 5 heteroatoms. The predicted octanol–water partition coefficient (Wildman–Crippen LogP) is 3.11. The van der Waals surface area contributed by atoms with Gasteiger partial charge in [-0.3, -0.25) is 10.1 Å². The van der Waals surface area contributed by atoms with Crippen molar-refractivity contribution >= 4 is 22.9 Å². The number of halogens is 1. The number of imidazole rings is 1. The topological polar surface area (TPSA) is 46.9 Å². The van der Waals surface area contributed by atoms with Crippen LogP contribution in [0.15, 0.2) is 48.5 Å². The molecule has 4 nitrogen and oxygen atoms in total. The number of carbonyl (C=O) groups excluding carboxylic acids is 1. The van der Waals surface area contributed by atoms with Crippen molar-refractivity contribution in [2.24, 2.45) is 0 Å². The zero-order valence-electron chi connectivity index (χ0n) is 11.1. The quantitative estimate of drug-likeness (QED) is 0.745. The van der Waals surface area contributed by atoms with Crippen LogP contribution in [-0.4, -0.2) is 15.5 Å². The van der Waals surface area contributed by atoms with Crippen molar-refractivity contribution in [2.75, 3.05) is 5.32 Å². The number of para-hydroxylation sites is 2. The van der Waals surface area contributed by atoms with Crippen molar-refractivity contribution in [1.82, 2.24) is 9.55 Å². The molecule has 21 heavy (non-hydrogen) atoms. The van der Waals surface area contributed by atoms with E-state index in [1.165, 1.54) is 6.07 Å². The van der Waals surface area contributed by atoms with E-state index in [0.29, 0.717) is 11.5 Å². The average molecular weight is 281 g/mol. The van der Waals surface area contributed by atoms with Gasteiger partial charge in [0.2, 0.25) is 11.9 Å². The lowest BCUT2D eigenvalue weighted by Crippen LogP contribution is -2.29. The standard InChI is InChI=1S/C16H12FN3O/c17-11-6-2-1-5-10(11)14-9-15(21)19-16-18-12-7-3-4-8-13(12)20(14)16/h1-8,14H,9H2,(H,18,19,21). The Bertz CT molecular complexity index is 856. The van der Waals surface area contributed by atoms with Crippen LogP contribution in [0.25, 0.3) is 11.0 Å². The zero-order valence-corrected chi connectivity index (χ0v) is 11.1. The van der Waals surface area contributed by atoms with Gasteiger partial charge in [0.25, 0.3) is 0 Å². The summed E-state index contributed by atoms with van der Waals surface area (Å²) in [6.45, 7) is 0. The first-order valence-corrected chi connectivity index (χ1v) is 6.75. The summed E-state index contributed by atoms with van der Waals surface area (Å²) in [6.07, 6.45) is 0.203. The maximum atomic E-state index is 14.1. The molecule has 0 aliphatic carbocycles. The first-order chi connectivity index (χ1) is 10.2. The van der Waals surface area contributed by atoms with E-state index in [1.54, 1.807) is 18.2 Å². The van der Waals surface area contributed by atoms with E-state index in [0.717, 1.165) is 11.0 Å². The van der Waals surface area contributed by atoms with E-state index in [2.05, 4.69) is 10.3 Å². The van der Waals surface area contributed by atoms with Crippen molar-refractivity contribution in [3.63, 3.8) is 0 Å². The third-order valence-electron chi connectivity index (χ3n) is 3.80. The van der Waals surface area contributed by atoms with Gasteiger partial charge in [-0.2, -0.15) is 0 Å². The lowest BCUT2D eigenvalue weighted by Gasteiger charge is -2.26. The molecule has 3 aromatic rings. The second-order valence-corrected chi connectivity index (χ2v) is 5.08. The fourth-order valence-corrected chi connectivity index (χ4v) is 2.89. The second kappa shape index (κ2) is 4.41. The Hall–Kier alpha value is -2.69. The molecule has 2 aromatic carbocycles. The fourth-order valence-electron chi connectivity index (χ4n) is 2.89. The molecular formula is C16H12FN3O. The monoisotopic (exact) mass is 281 g/mol. The van der Waals surface area contributed by atoms with Crippen molar-refractivity contribution in [2.45, 2.75) is 12.5 Å². The second-order valence-electron chi connectivity index (χ2n) is 5.08. The Morgan fingerprint density at radius 3 is 2.76 bits per heavy atom. The highest BCUT2D eigenvalue weighted by atomic mass is 19.1. The largest absolute Gasteiger partial charge is 0.302 e. The molecule has 0 fully saturated rings. The van der Waals surface area contributed by atoms with Gasteiger partial charge < -0.3 is 4.57 Å². The number of carbonyl (C=O) groups is 1. The molecule has 0 saturated carbocycles. The molecule has 1 atom stereocenters. The van der Waals surface area contributed by atoms with Gasteiger partial charge in [-0.25, -0.2) is 9.37 Å². The predicted molar refractivity (Wildman–Crippen MR) is 77.5 cm³/mol. The minimum atomic E-state index is -0.373. The highest BCUT2D eigenvalue weighted by Gasteiger charge is 2.30. The van der Waals surface area contributed by atoms with Crippen LogP contribution in [0.2, 0.25) is 0 Å². The number of nitrogens with zero attached hydrogens (tertiary/aromatic N) is 2. The number of aromatic nitrogens is 2. The smallest absolute Gasteiger partial charge is 0.229 e. The van der Waals surface area contributed by atoms with Gasteiger partial charge in [0, 0.05) is 5.56 Å². The van der Waals surface area contributed by atoms with Gasteiger partial charge in [-0.05, 0) is 18.2 Å². The summed E-state index contributed by atoms with van der Waals surface area (Å²) in [6, 6.07) is 13.8. The van der Waals surface area contributed by atoms with E-state index in [1.807, 2.05) is 28.8 Å². The number of nitrogens with one attached hydrogen (secondary N) is 1. The highest BCUT2D eigenvalue weighted by Crippen LogP contribution is 2.35. The molecule has 1 N–H and O–H groups in total. The van der Waals surface area contributed by atoms with E-state index in [4.69, 9.17) is 0 Å². The van der Waals surface area contributed by atoms with Gasteiger partial charge >= 0.3 is 0 Å². The highest BCUT2D eigenvalue weighted by molar-refractivity contribution is 5.94. The zero-order chi connectivity index (χ0) is 14.4. The molecule has 2 heterocycles. The van der Waals surface area contributed by atoms with Gasteiger partial charge in [-0.1, -0.05) is 30.3 Å². The first-order valence-electron chi connectivity index (χ1n) is 6.75. The average Bonchev–Trinajstić information content (AvgIpc) is 2.85. The number of fused-ring (bicyclic) bond motifs is 3. The molecule has 0 spiro atoms. The molecule has 0 bridgehead atoms. The first kappa shape index (κ1) is 12.1. The Balaban J connectivity index is 1.99. The number of hydrogen-bond donors (Lipinski definition) is 1. The summed E-state index contributed by atoms with van der Waals surface area (Å²) < 4.78 is 16.0. The minimum Gasteiger partial charge on any atom is -0.302 e. The number of hydrogen-bond acceptors (Lipinski definition) is 2. The SMILES string of the molecule is O=C1CC(c2ccccc2F)n2c(nc3ccccc32)N1. The maximum absolute atomic E-state index is 14.1. The molecule has 1 amide bonds. The summed E-state index contributed by atoms with van der Waals surface area (Å²) in [7, 11) is 0. The Labute approximate surface area is 120 Å². The summed E-state index contributed by atoms with van der Waals surface area (Å²) in [4.78, 5) is 16.3. The molecule has 1 unspecified atom stereocenters. The fraction of sp³-hybridized carbons (Fsp3) is 0.125. The maximum Gasteiger partial charge on any atom is 0.229 e. The van der Waals surface area contributed by atoms with Gasteiger partial charge in [0.15, 0.2) is 0 Å².